The molecule has 0 atom stereocenters. The number of aryl methyl sites for hydroxylation is 1. The Bertz CT molecular complexity index is 1060. The molecular weight excluding hydrogens is 374 g/mol. The first kappa shape index (κ1) is 20.9. The standard InChI is InChI=1S/C23H27N7/c1-16(2)17-8-6-9-18(14-17)28-23(26)27-13-7-12-21-20(15-24)22(25)30(29-21)19-10-4-3-5-11-19/h3-6,8-11,14,16H,7,12-13,25H2,1-2H3,(H3,26,27,28). The number of rotatable bonds is 7. The molecule has 154 valence electrons. The summed E-state index contributed by atoms with van der Waals surface area (Å²) in [6.45, 7) is 4.82. The van der Waals surface area contributed by atoms with Crippen molar-refractivity contribution < 1.29 is 0 Å². The average molecular weight is 402 g/mol. The zero-order valence-corrected chi connectivity index (χ0v) is 17.3. The molecule has 7 heteroatoms. The highest BCUT2D eigenvalue weighted by molar-refractivity contribution is 5.92. The molecule has 2 aromatic carbocycles. The molecule has 0 bridgehead atoms. The monoisotopic (exact) mass is 401 g/mol. The highest BCUT2D eigenvalue weighted by Gasteiger charge is 2.16. The smallest absolute Gasteiger partial charge is 0.193 e. The van der Waals surface area contributed by atoms with Gasteiger partial charge in [0.25, 0.3) is 0 Å². The highest BCUT2D eigenvalue weighted by atomic mass is 15.3. The Labute approximate surface area is 177 Å². The molecule has 0 spiro atoms. The van der Waals surface area contributed by atoms with Crippen molar-refractivity contribution in [2.45, 2.75) is 32.6 Å². The summed E-state index contributed by atoms with van der Waals surface area (Å²) in [4.78, 5) is 4.39. The van der Waals surface area contributed by atoms with Crippen molar-refractivity contribution in [1.29, 1.82) is 5.26 Å². The van der Waals surface area contributed by atoms with Crippen molar-refractivity contribution in [2.24, 2.45) is 10.7 Å². The second kappa shape index (κ2) is 9.61. The van der Waals surface area contributed by atoms with Crippen LogP contribution < -0.4 is 16.8 Å². The molecule has 3 rings (SSSR count). The van der Waals surface area contributed by atoms with Crippen LogP contribution >= 0.6 is 0 Å². The van der Waals surface area contributed by atoms with Crippen molar-refractivity contribution in [3.8, 4) is 11.8 Å². The number of nitrogens with one attached hydrogen (secondary N) is 1. The van der Waals surface area contributed by atoms with Crippen LogP contribution in [-0.4, -0.2) is 22.3 Å². The van der Waals surface area contributed by atoms with E-state index >= 15 is 0 Å². The Morgan fingerprint density at radius 1 is 1.20 bits per heavy atom. The fourth-order valence-electron chi connectivity index (χ4n) is 3.15. The average Bonchev–Trinajstić information content (AvgIpc) is 3.07. The van der Waals surface area contributed by atoms with Gasteiger partial charge in [0.1, 0.15) is 17.5 Å². The van der Waals surface area contributed by atoms with E-state index in [1.165, 1.54) is 5.56 Å². The molecule has 0 fully saturated rings. The lowest BCUT2D eigenvalue weighted by Gasteiger charge is -2.09. The Morgan fingerprint density at radius 2 is 1.97 bits per heavy atom. The quantitative estimate of drug-likeness (QED) is 0.316. The molecule has 7 nitrogen and oxygen atoms in total. The number of anilines is 2. The summed E-state index contributed by atoms with van der Waals surface area (Å²) in [5.41, 5.74) is 16.2. The van der Waals surface area contributed by atoms with Crippen molar-refractivity contribution in [1.82, 2.24) is 9.78 Å². The van der Waals surface area contributed by atoms with Crippen LogP contribution in [0.15, 0.2) is 59.6 Å². The van der Waals surface area contributed by atoms with Gasteiger partial charge in [-0.1, -0.05) is 44.2 Å². The molecule has 1 aromatic heterocycles. The minimum Gasteiger partial charge on any atom is -0.382 e. The summed E-state index contributed by atoms with van der Waals surface area (Å²) < 4.78 is 1.61. The van der Waals surface area contributed by atoms with Gasteiger partial charge in [0.15, 0.2) is 5.96 Å². The van der Waals surface area contributed by atoms with Gasteiger partial charge in [0.05, 0.1) is 11.4 Å². The number of hydrogen-bond acceptors (Lipinski definition) is 4. The molecule has 30 heavy (non-hydrogen) atoms. The highest BCUT2D eigenvalue weighted by Crippen LogP contribution is 2.21. The fourth-order valence-corrected chi connectivity index (χ4v) is 3.15. The van der Waals surface area contributed by atoms with Crippen LogP contribution in [0.25, 0.3) is 5.69 Å². The Balaban J connectivity index is 1.61. The summed E-state index contributed by atoms with van der Waals surface area (Å²) in [5, 5.41) is 17.2. The van der Waals surface area contributed by atoms with E-state index in [2.05, 4.69) is 47.5 Å². The second-order valence-electron chi connectivity index (χ2n) is 7.34. The molecule has 0 amide bonds. The maximum Gasteiger partial charge on any atom is 0.193 e. The summed E-state index contributed by atoms with van der Waals surface area (Å²) in [7, 11) is 0. The fraction of sp³-hybridized carbons (Fsp3) is 0.261. The molecule has 0 aliphatic carbocycles. The normalized spacial score (nSPS) is 11.5. The van der Waals surface area contributed by atoms with E-state index in [9.17, 15) is 5.26 Å². The third-order valence-corrected chi connectivity index (χ3v) is 4.79. The minimum atomic E-state index is 0.355. The van der Waals surface area contributed by atoms with E-state index in [1.54, 1.807) is 4.68 Å². The largest absolute Gasteiger partial charge is 0.382 e. The lowest BCUT2D eigenvalue weighted by Crippen LogP contribution is -2.23. The van der Waals surface area contributed by atoms with Gasteiger partial charge < -0.3 is 16.8 Å². The summed E-state index contributed by atoms with van der Waals surface area (Å²) in [6, 6.07) is 19.8. The van der Waals surface area contributed by atoms with Crippen molar-refractivity contribution >= 4 is 17.5 Å². The maximum absolute atomic E-state index is 9.49. The second-order valence-corrected chi connectivity index (χ2v) is 7.34. The number of nitriles is 1. The molecule has 0 saturated carbocycles. The summed E-state index contributed by atoms with van der Waals surface area (Å²) in [6.07, 6.45) is 1.29. The van der Waals surface area contributed by atoms with E-state index in [-0.39, 0.29) is 0 Å². The van der Waals surface area contributed by atoms with Crippen LogP contribution in [0.5, 0.6) is 0 Å². The minimum absolute atomic E-state index is 0.355. The first-order chi connectivity index (χ1) is 14.5. The van der Waals surface area contributed by atoms with E-state index in [0.717, 1.165) is 11.4 Å². The molecular formula is C23H27N7. The third-order valence-electron chi connectivity index (χ3n) is 4.79. The predicted octanol–water partition coefficient (Wildman–Crippen LogP) is 3.81. The SMILES string of the molecule is CC(C)c1cccc(NC(N)=NCCCc2nn(-c3ccccc3)c(N)c2C#N)c1. The van der Waals surface area contributed by atoms with Gasteiger partial charge in [-0.15, -0.1) is 0 Å². The van der Waals surface area contributed by atoms with Gasteiger partial charge in [-0.25, -0.2) is 4.68 Å². The van der Waals surface area contributed by atoms with Crippen LogP contribution in [0.2, 0.25) is 0 Å². The Morgan fingerprint density at radius 3 is 2.67 bits per heavy atom. The van der Waals surface area contributed by atoms with Crippen LogP contribution in [0.3, 0.4) is 0 Å². The zero-order chi connectivity index (χ0) is 21.5. The number of para-hydroxylation sites is 1. The summed E-state index contributed by atoms with van der Waals surface area (Å²) in [5.74, 6) is 1.17. The Kier molecular flexibility index (Phi) is 6.71. The van der Waals surface area contributed by atoms with Gasteiger partial charge >= 0.3 is 0 Å². The third kappa shape index (κ3) is 4.97. The van der Waals surface area contributed by atoms with Crippen LogP contribution in [-0.2, 0) is 6.42 Å². The van der Waals surface area contributed by atoms with Crippen LogP contribution in [0, 0.1) is 11.3 Å². The number of nitrogens with two attached hydrogens (primary N) is 2. The van der Waals surface area contributed by atoms with Gasteiger partial charge in [0.2, 0.25) is 0 Å². The topological polar surface area (TPSA) is 118 Å². The number of benzene rings is 2. The number of aliphatic imine (C=N–C) groups is 1. The van der Waals surface area contributed by atoms with Crippen LogP contribution in [0.1, 0.15) is 43.0 Å². The zero-order valence-electron chi connectivity index (χ0n) is 17.3. The lowest BCUT2D eigenvalue weighted by atomic mass is 10.0. The molecule has 0 saturated heterocycles. The van der Waals surface area contributed by atoms with E-state index in [1.807, 2.05) is 42.5 Å². The lowest BCUT2D eigenvalue weighted by molar-refractivity contribution is 0.776. The first-order valence-electron chi connectivity index (χ1n) is 9.99. The first-order valence-corrected chi connectivity index (χ1v) is 9.99. The van der Waals surface area contributed by atoms with Crippen molar-refractivity contribution in [3.63, 3.8) is 0 Å². The molecule has 0 aliphatic rings. The number of aromatic nitrogens is 2. The molecule has 0 radical (unpaired) electrons. The van der Waals surface area contributed by atoms with E-state index in [0.29, 0.717) is 48.3 Å². The van der Waals surface area contributed by atoms with E-state index < -0.39 is 0 Å². The van der Waals surface area contributed by atoms with Gasteiger partial charge in [-0.2, -0.15) is 10.4 Å². The molecule has 0 unspecified atom stereocenters. The van der Waals surface area contributed by atoms with E-state index in [4.69, 9.17) is 11.5 Å². The molecule has 0 aliphatic heterocycles. The number of nitrogens with zero attached hydrogens (tertiary/aromatic N) is 4. The van der Waals surface area contributed by atoms with Crippen molar-refractivity contribution in [2.75, 3.05) is 17.6 Å². The number of nitrogen functional groups attached to an aromatic ring is 1. The predicted molar refractivity (Wildman–Crippen MR) is 122 cm³/mol. The summed E-state index contributed by atoms with van der Waals surface area (Å²) >= 11 is 0. The van der Waals surface area contributed by atoms with Crippen molar-refractivity contribution in [3.05, 3.63) is 71.4 Å². The van der Waals surface area contributed by atoms with Gasteiger partial charge in [-0.05, 0) is 48.6 Å². The van der Waals surface area contributed by atoms with Crippen LogP contribution in [0.4, 0.5) is 11.5 Å². The molecule has 1 heterocycles. The van der Waals surface area contributed by atoms with Gasteiger partial charge in [0, 0.05) is 12.2 Å². The maximum atomic E-state index is 9.49. The molecule has 3 aromatic rings. The number of hydrogen-bond donors (Lipinski definition) is 3. The molecule has 5 N–H and O–H groups in total. The Hall–Kier alpha value is -3.79. The van der Waals surface area contributed by atoms with Gasteiger partial charge in [-0.3, -0.25) is 4.99 Å². The number of guanidine groups is 1.